The monoisotopic (exact) mass is 312 g/mol. The molecule has 0 aromatic heterocycles. The van der Waals surface area contributed by atoms with E-state index in [4.69, 9.17) is 5.11 Å². The zero-order valence-corrected chi connectivity index (χ0v) is 13.0. The maximum absolute atomic E-state index is 12.2. The number of nitrogens with zero attached hydrogens (tertiary/aromatic N) is 1. The van der Waals surface area contributed by atoms with Crippen LogP contribution in [0.25, 0.3) is 0 Å². The molecule has 0 saturated carbocycles. The molecule has 23 heavy (non-hydrogen) atoms. The number of hydrogen-bond donors (Lipinski definition) is 2. The molecule has 0 atom stereocenters. The summed E-state index contributed by atoms with van der Waals surface area (Å²) in [4.78, 5) is 25.6. The number of nitrogens with one attached hydrogen (secondary N) is 1. The lowest BCUT2D eigenvalue weighted by molar-refractivity contribution is -0.116. The van der Waals surface area contributed by atoms with Crippen LogP contribution < -0.4 is 5.32 Å². The second-order valence-electron chi connectivity index (χ2n) is 5.25. The highest BCUT2D eigenvalue weighted by Crippen LogP contribution is 2.10. The van der Waals surface area contributed by atoms with Crippen LogP contribution in [0.15, 0.2) is 54.6 Å². The van der Waals surface area contributed by atoms with E-state index in [1.807, 2.05) is 18.2 Å². The zero-order chi connectivity index (χ0) is 16.7. The molecule has 0 saturated heterocycles. The Morgan fingerprint density at radius 2 is 1.70 bits per heavy atom. The number of anilines is 1. The fourth-order valence-corrected chi connectivity index (χ4v) is 2.17. The Bertz CT molecular complexity index is 654. The first-order chi connectivity index (χ1) is 11.1. The van der Waals surface area contributed by atoms with E-state index in [2.05, 4.69) is 5.32 Å². The van der Waals surface area contributed by atoms with Gasteiger partial charge in [0.05, 0.1) is 6.54 Å². The lowest BCUT2D eigenvalue weighted by atomic mass is 10.1. The number of carbonyl (C=O) groups is 2. The maximum Gasteiger partial charge on any atom is 0.254 e. The van der Waals surface area contributed by atoms with Gasteiger partial charge in [-0.2, -0.15) is 0 Å². The van der Waals surface area contributed by atoms with Gasteiger partial charge in [0.2, 0.25) is 5.91 Å². The van der Waals surface area contributed by atoms with Crippen LogP contribution in [0, 0.1) is 0 Å². The molecular formula is C18H20N2O3. The van der Waals surface area contributed by atoms with Crippen molar-refractivity contribution in [1.29, 1.82) is 0 Å². The summed E-state index contributed by atoms with van der Waals surface area (Å²) in [6.07, 6.45) is 0.586. The average molecular weight is 312 g/mol. The summed E-state index contributed by atoms with van der Waals surface area (Å²) in [6, 6.07) is 16.1. The summed E-state index contributed by atoms with van der Waals surface area (Å²) >= 11 is 0. The molecule has 0 aliphatic rings. The Labute approximate surface area is 135 Å². The zero-order valence-electron chi connectivity index (χ0n) is 13.0. The normalized spacial score (nSPS) is 10.2. The lowest BCUT2D eigenvalue weighted by Gasteiger charge is -2.17. The number of aliphatic hydroxyl groups is 1. The van der Waals surface area contributed by atoms with Crippen LogP contribution in [-0.2, 0) is 11.2 Å². The Morgan fingerprint density at radius 3 is 2.30 bits per heavy atom. The van der Waals surface area contributed by atoms with E-state index < -0.39 is 0 Å². The highest BCUT2D eigenvalue weighted by Gasteiger charge is 2.14. The minimum atomic E-state index is -0.258. The Balaban J connectivity index is 1.90. The molecule has 0 aliphatic carbocycles. The second-order valence-corrected chi connectivity index (χ2v) is 5.25. The van der Waals surface area contributed by atoms with Crippen LogP contribution in [-0.4, -0.2) is 42.0 Å². The molecule has 0 heterocycles. The summed E-state index contributed by atoms with van der Waals surface area (Å²) in [5, 5.41) is 11.6. The van der Waals surface area contributed by atoms with Gasteiger partial charge in [-0.15, -0.1) is 0 Å². The third kappa shape index (κ3) is 4.93. The summed E-state index contributed by atoms with van der Waals surface area (Å²) in [5.41, 5.74) is 2.22. The highest BCUT2D eigenvalue weighted by molar-refractivity contribution is 5.99. The number of aliphatic hydroxyl groups excluding tert-OH is 1. The molecule has 2 amide bonds. The largest absolute Gasteiger partial charge is 0.396 e. The predicted molar refractivity (Wildman–Crippen MR) is 89.3 cm³/mol. The van der Waals surface area contributed by atoms with Crippen LogP contribution in [0.5, 0.6) is 0 Å². The molecule has 5 nitrogen and oxygen atoms in total. The van der Waals surface area contributed by atoms with E-state index in [0.29, 0.717) is 17.7 Å². The highest BCUT2D eigenvalue weighted by atomic mass is 16.3. The van der Waals surface area contributed by atoms with Crippen LogP contribution in [0.4, 0.5) is 5.69 Å². The molecule has 120 valence electrons. The summed E-state index contributed by atoms with van der Waals surface area (Å²) in [6.45, 7) is 0.0736. The molecule has 0 unspecified atom stereocenters. The average Bonchev–Trinajstić information content (AvgIpc) is 2.57. The van der Waals surface area contributed by atoms with Gasteiger partial charge in [-0.3, -0.25) is 9.59 Å². The number of benzene rings is 2. The van der Waals surface area contributed by atoms with Gasteiger partial charge in [0.15, 0.2) is 0 Å². The van der Waals surface area contributed by atoms with E-state index in [9.17, 15) is 9.59 Å². The standard InChI is InChI=1S/C18H20N2O3/c1-20(18(23)15-5-3-2-4-6-15)13-17(22)19-16-9-7-14(8-10-16)11-12-21/h2-10,21H,11-13H2,1H3,(H,19,22). The van der Waals surface area contributed by atoms with E-state index in [0.717, 1.165) is 5.56 Å². The third-order valence-electron chi connectivity index (χ3n) is 3.39. The SMILES string of the molecule is CN(CC(=O)Nc1ccc(CCO)cc1)C(=O)c1ccccc1. The van der Waals surface area contributed by atoms with Gasteiger partial charge in [-0.1, -0.05) is 30.3 Å². The van der Waals surface area contributed by atoms with Crippen molar-refractivity contribution in [3.8, 4) is 0 Å². The Kier molecular flexibility index (Phi) is 5.88. The first kappa shape index (κ1) is 16.7. The van der Waals surface area contributed by atoms with Gasteiger partial charge in [0, 0.05) is 24.9 Å². The first-order valence-electron chi connectivity index (χ1n) is 7.40. The van der Waals surface area contributed by atoms with Gasteiger partial charge in [-0.05, 0) is 36.2 Å². The number of hydrogen-bond acceptors (Lipinski definition) is 3. The molecule has 0 radical (unpaired) electrons. The van der Waals surface area contributed by atoms with Crippen molar-refractivity contribution in [2.24, 2.45) is 0 Å². The predicted octanol–water partition coefficient (Wildman–Crippen LogP) is 1.93. The van der Waals surface area contributed by atoms with Gasteiger partial charge < -0.3 is 15.3 Å². The van der Waals surface area contributed by atoms with E-state index in [1.165, 1.54) is 4.90 Å². The fraction of sp³-hybridized carbons (Fsp3) is 0.222. The van der Waals surface area contributed by atoms with Gasteiger partial charge in [0.1, 0.15) is 0 Å². The number of carbonyl (C=O) groups excluding carboxylic acids is 2. The van der Waals surface area contributed by atoms with Crippen LogP contribution in [0.1, 0.15) is 15.9 Å². The molecule has 0 spiro atoms. The smallest absolute Gasteiger partial charge is 0.254 e. The number of likely N-dealkylation sites (N-methyl/N-ethyl adjacent to an activating group) is 1. The number of rotatable bonds is 6. The molecule has 0 aliphatic heterocycles. The topological polar surface area (TPSA) is 69.6 Å². The molecular weight excluding hydrogens is 292 g/mol. The molecule has 2 aromatic rings. The minimum absolute atomic E-state index is 0.0217. The summed E-state index contributed by atoms with van der Waals surface area (Å²) in [5.74, 6) is -0.453. The van der Waals surface area contributed by atoms with E-state index in [-0.39, 0.29) is 25.0 Å². The van der Waals surface area contributed by atoms with Gasteiger partial charge >= 0.3 is 0 Å². The Morgan fingerprint density at radius 1 is 1.04 bits per heavy atom. The molecule has 2 aromatic carbocycles. The van der Waals surface area contributed by atoms with Crippen molar-refractivity contribution in [3.63, 3.8) is 0 Å². The molecule has 0 fully saturated rings. The fourth-order valence-electron chi connectivity index (χ4n) is 2.17. The van der Waals surface area contributed by atoms with Crippen molar-refractivity contribution in [2.45, 2.75) is 6.42 Å². The van der Waals surface area contributed by atoms with Crippen molar-refractivity contribution in [2.75, 3.05) is 25.5 Å². The van der Waals surface area contributed by atoms with Crippen molar-refractivity contribution in [3.05, 3.63) is 65.7 Å². The quantitative estimate of drug-likeness (QED) is 0.856. The van der Waals surface area contributed by atoms with Crippen LogP contribution in [0.3, 0.4) is 0 Å². The van der Waals surface area contributed by atoms with Crippen molar-refractivity contribution >= 4 is 17.5 Å². The summed E-state index contributed by atoms with van der Waals surface area (Å²) < 4.78 is 0. The first-order valence-corrected chi connectivity index (χ1v) is 7.40. The van der Waals surface area contributed by atoms with Gasteiger partial charge in [-0.25, -0.2) is 0 Å². The van der Waals surface area contributed by atoms with Crippen LogP contribution >= 0.6 is 0 Å². The number of amides is 2. The van der Waals surface area contributed by atoms with E-state index in [1.54, 1.807) is 43.4 Å². The maximum atomic E-state index is 12.2. The minimum Gasteiger partial charge on any atom is -0.396 e. The second kappa shape index (κ2) is 8.10. The van der Waals surface area contributed by atoms with Crippen molar-refractivity contribution < 1.29 is 14.7 Å². The van der Waals surface area contributed by atoms with E-state index >= 15 is 0 Å². The third-order valence-corrected chi connectivity index (χ3v) is 3.39. The molecule has 2 N–H and O–H groups in total. The summed E-state index contributed by atoms with van der Waals surface area (Å²) in [7, 11) is 1.60. The molecule has 0 bridgehead atoms. The lowest BCUT2D eigenvalue weighted by Crippen LogP contribution is -2.34. The molecule has 2 rings (SSSR count). The molecule has 5 heteroatoms. The van der Waals surface area contributed by atoms with Gasteiger partial charge in [0.25, 0.3) is 5.91 Å². The Hall–Kier alpha value is -2.66. The van der Waals surface area contributed by atoms with Crippen LogP contribution in [0.2, 0.25) is 0 Å². The van der Waals surface area contributed by atoms with Crippen molar-refractivity contribution in [1.82, 2.24) is 4.90 Å².